The maximum absolute atomic E-state index is 13.6. The number of carbonyl (C=O) groups excluding carboxylic acids is 2. The van der Waals surface area contributed by atoms with Crippen LogP contribution in [0.3, 0.4) is 0 Å². The largest absolute Gasteiger partial charge is 0.451 e. The van der Waals surface area contributed by atoms with Crippen LogP contribution in [0.5, 0.6) is 0 Å². The molecule has 0 bridgehead atoms. The van der Waals surface area contributed by atoms with E-state index < -0.39 is 12.6 Å². The fourth-order valence-corrected chi connectivity index (χ4v) is 5.13. The van der Waals surface area contributed by atoms with Crippen LogP contribution in [0.25, 0.3) is 22.3 Å². The molecule has 9 nitrogen and oxygen atoms in total. The summed E-state index contributed by atoms with van der Waals surface area (Å²) in [4.78, 5) is 40.0. The summed E-state index contributed by atoms with van der Waals surface area (Å²) < 4.78 is 22.2. The summed E-state index contributed by atoms with van der Waals surface area (Å²) in [5.41, 5.74) is 4.53. The number of para-hydroxylation sites is 2. The zero-order valence-corrected chi connectivity index (χ0v) is 24.1. The van der Waals surface area contributed by atoms with Crippen molar-refractivity contribution in [2.45, 2.75) is 47.3 Å². The van der Waals surface area contributed by atoms with Gasteiger partial charge in [0.05, 0.1) is 24.1 Å². The zero-order valence-electron chi connectivity index (χ0n) is 24.1. The minimum absolute atomic E-state index is 0.0199. The van der Waals surface area contributed by atoms with E-state index in [-0.39, 0.29) is 29.8 Å². The average Bonchev–Trinajstić information content (AvgIpc) is 3.54. The van der Waals surface area contributed by atoms with Crippen molar-refractivity contribution in [1.82, 2.24) is 13.9 Å². The Morgan fingerprint density at radius 2 is 1.63 bits per heavy atom. The van der Waals surface area contributed by atoms with Crippen molar-refractivity contribution in [2.75, 3.05) is 6.61 Å². The summed E-state index contributed by atoms with van der Waals surface area (Å²) in [5, 5.41) is 0.759. The first-order valence-electron chi connectivity index (χ1n) is 13.5. The lowest BCUT2D eigenvalue weighted by atomic mass is 10.1. The molecule has 0 fully saturated rings. The molecular weight excluding hydrogens is 522 g/mol. The van der Waals surface area contributed by atoms with Gasteiger partial charge in [0, 0.05) is 34.9 Å². The second kappa shape index (κ2) is 11.1. The van der Waals surface area contributed by atoms with Crippen molar-refractivity contribution in [3.05, 3.63) is 105 Å². The Balaban J connectivity index is 1.41. The molecule has 5 rings (SSSR count). The predicted molar refractivity (Wildman–Crippen MR) is 155 cm³/mol. The molecule has 0 atom stereocenters. The molecule has 41 heavy (non-hydrogen) atoms. The second-order valence-electron chi connectivity index (χ2n) is 10.3. The van der Waals surface area contributed by atoms with Crippen LogP contribution in [0.2, 0.25) is 0 Å². The number of aromatic nitrogens is 3. The number of aryl methyl sites for hydroxylation is 1. The van der Waals surface area contributed by atoms with Gasteiger partial charge in [-0.2, -0.15) is 0 Å². The van der Waals surface area contributed by atoms with Gasteiger partial charge in [0.1, 0.15) is 11.3 Å². The molecule has 0 aliphatic heterocycles. The van der Waals surface area contributed by atoms with Crippen molar-refractivity contribution in [3.8, 4) is 11.4 Å². The topological polar surface area (TPSA) is 97.6 Å². The van der Waals surface area contributed by atoms with Crippen LogP contribution in [-0.2, 0) is 23.1 Å². The van der Waals surface area contributed by atoms with Gasteiger partial charge in [-0.05, 0) is 58.9 Å². The lowest BCUT2D eigenvalue weighted by molar-refractivity contribution is 0.0423. The van der Waals surface area contributed by atoms with Crippen LogP contribution in [0.1, 0.15) is 57.4 Å². The number of nitrogens with zero attached hydrogens (tertiary/aromatic N) is 3. The summed E-state index contributed by atoms with van der Waals surface area (Å²) in [6, 6.07) is 18.4. The summed E-state index contributed by atoms with van der Waals surface area (Å²) in [6.45, 7) is 8.99. The van der Waals surface area contributed by atoms with Crippen LogP contribution in [0, 0.1) is 20.8 Å². The van der Waals surface area contributed by atoms with Gasteiger partial charge in [-0.1, -0.05) is 36.4 Å². The number of benzene rings is 2. The smallest absolute Gasteiger partial charge is 0.375 e. The molecule has 0 radical (unpaired) electrons. The van der Waals surface area contributed by atoms with E-state index >= 15 is 0 Å². The summed E-state index contributed by atoms with van der Waals surface area (Å²) in [7, 11) is 1.82. The Morgan fingerprint density at radius 3 is 2.34 bits per heavy atom. The highest BCUT2D eigenvalue weighted by atomic mass is 16.5. The number of Topliss-reactive ketones (excluding diaryl/α,β-unsaturated/α-hetero) is 1. The fraction of sp³-hybridized carbons (Fsp3) is 0.281. The van der Waals surface area contributed by atoms with Gasteiger partial charge in [-0.3, -0.25) is 14.3 Å². The number of ether oxygens (including phenoxy) is 2. The maximum atomic E-state index is 13.6. The van der Waals surface area contributed by atoms with E-state index in [0.29, 0.717) is 33.8 Å². The maximum Gasteiger partial charge on any atom is 0.375 e. The van der Waals surface area contributed by atoms with Gasteiger partial charge in [0.15, 0.2) is 6.61 Å². The number of hydrogen-bond donors (Lipinski definition) is 0. The monoisotopic (exact) mass is 555 g/mol. The molecule has 212 valence electrons. The van der Waals surface area contributed by atoms with Crippen LogP contribution in [0.4, 0.5) is 0 Å². The van der Waals surface area contributed by atoms with Crippen molar-refractivity contribution in [2.24, 2.45) is 7.05 Å². The highest BCUT2D eigenvalue weighted by Gasteiger charge is 2.26. The number of ketones is 1. The molecule has 0 saturated carbocycles. The quantitative estimate of drug-likeness (QED) is 0.173. The van der Waals surface area contributed by atoms with Crippen molar-refractivity contribution in [1.29, 1.82) is 0 Å². The molecule has 0 amide bonds. The first-order chi connectivity index (χ1) is 19.6. The second-order valence-corrected chi connectivity index (χ2v) is 10.3. The van der Waals surface area contributed by atoms with Crippen LogP contribution < -0.4 is 5.56 Å². The average molecular weight is 556 g/mol. The molecule has 3 heterocycles. The van der Waals surface area contributed by atoms with E-state index in [1.165, 1.54) is 0 Å². The first kappa shape index (κ1) is 27.9. The van der Waals surface area contributed by atoms with Gasteiger partial charge < -0.3 is 18.5 Å². The van der Waals surface area contributed by atoms with Gasteiger partial charge in [0.2, 0.25) is 11.5 Å². The van der Waals surface area contributed by atoms with Gasteiger partial charge in [-0.25, -0.2) is 9.48 Å². The Morgan fingerprint density at radius 1 is 0.951 bits per heavy atom. The van der Waals surface area contributed by atoms with Crippen LogP contribution in [-0.4, -0.2) is 38.4 Å². The van der Waals surface area contributed by atoms with Crippen molar-refractivity contribution < 1.29 is 23.5 Å². The fourth-order valence-electron chi connectivity index (χ4n) is 5.13. The number of furan rings is 1. The number of hydrogen-bond acceptors (Lipinski definition) is 6. The standard InChI is InChI=1S/C32H33N3O6/c1-19(2)39-17-26-24-14-10-11-15-28(24)41-30(26)32(38)40-18-27(36)25-16-20(3)34(21(25)4)29-22(5)33(6)35(31(29)37)23-12-8-7-9-13-23/h7-16,19H,17-18H2,1-6H3. The minimum atomic E-state index is -0.740. The number of carbonyl (C=O) groups is 2. The molecule has 0 unspecified atom stereocenters. The van der Waals surface area contributed by atoms with Gasteiger partial charge >= 0.3 is 5.97 Å². The summed E-state index contributed by atoms with van der Waals surface area (Å²) >= 11 is 0. The summed E-state index contributed by atoms with van der Waals surface area (Å²) in [5.74, 6) is -1.10. The number of esters is 1. The molecule has 2 aromatic carbocycles. The third-order valence-corrected chi connectivity index (χ3v) is 7.26. The first-order valence-corrected chi connectivity index (χ1v) is 13.5. The van der Waals surface area contributed by atoms with Crippen LogP contribution in [0.15, 0.2) is 69.9 Å². The number of rotatable bonds is 9. The molecule has 0 saturated heterocycles. The Labute approximate surface area is 237 Å². The molecular formula is C32H33N3O6. The highest BCUT2D eigenvalue weighted by Crippen LogP contribution is 2.28. The Hall–Kier alpha value is -4.63. The van der Waals surface area contributed by atoms with E-state index in [4.69, 9.17) is 13.9 Å². The van der Waals surface area contributed by atoms with E-state index in [2.05, 4.69) is 0 Å². The normalized spacial score (nSPS) is 11.5. The van der Waals surface area contributed by atoms with Crippen LogP contribution >= 0.6 is 0 Å². The molecule has 9 heteroatoms. The predicted octanol–water partition coefficient (Wildman–Crippen LogP) is 5.60. The van der Waals surface area contributed by atoms with E-state index in [1.54, 1.807) is 33.0 Å². The van der Waals surface area contributed by atoms with Gasteiger partial charge in [-0.15, -0.1) is 0 Å². The van der Waals surface area contributed by atoms with Gasteiger partial charge in [0.25, 0.3) is 5.56 Å². The molecule has 0 spiro atoms. The van der Waals surface area contributed by atoms with E-state index in [0.717, 1.165) is 16.8 Å². The molecule has 5 aromatic rings. The minimum Gasteiger partial charge on any atom is -0.451 e. The third kappa shape index (κ3) is 5.04. The SMILES string of the molecule is Cc1cc(C(=O)COC(=O)c2oc3ccccc3c2COC(C)C)c(C)n1-c1c(C)n(C)n(-c2ccccc2)c1=O. The molecule has 0 aliphatic rings. The lowest BCUT2D eigenvalue weighted by Crippen LogP contribution is -2.22. The Kier molecular flexibility index (Phi) is 7.55. The Bertz CT molecular complexity index is 1820. The summed E-state index contributed by atoms with van der Waals surface area (Å²) in [6.07, 6.45) is -0.0468. The van der Waals surface area contributed by atoms with E-state index in [9.17, 15) is 14.4 Å². The highest BCUT2D eigenvalue weighted by molar-refractivity contribution is 6.01. The zero-order chi connectivity index (χ0) is 29.4. The third-order valence-electron chi connectivity index (χ3n) is 7.26. The lowest BCUT2D eigenvalue weighted by Gasteiger charge is -2.09. The molecule has 0 aliphatic carbocycles. The van der Waals surface area contributed by atoms with Crippen molar-refractivity contribution >= 4 is 22.7 Å². The molecule has 3 aromatic heterocycles. The van der Waals surface area contributed by atoms with E-state index in [1.807, 2.05) is 83.3 Å². The molecule has 0 N–H and O–H groups in total. The van der Waals surface area contributed by atoms with Crippen molar-refractivity contribution in [3.63, 3.8) is 0 Å². The number of fused-ring (bicyclic) bond motifs is 1.